The molecule has 0 aliphatic heterocycles. The lowest BCUT2D eigenvalue weighted by atomic mass is 9.79. The number of para-hydroxylation sites is 1. The van der Waals surface area contributed by atoms with Crippen LogP contribution in [-0.4, -0.2) is 27.7 Å². The molecule has 0 atom stereocenters. The molecule has 0 bridgehead atoms. The quantitative estimate of drug-likeness (QED) is 0.124. The molecule has 7 aromatic carbocycles. The Balaban J connectivity index is 1.35. The van der Waals surface area contributed by atoms with E-state index >= 15 is 8.78 Å². The van der Waals surface area contributed by atoms with Crippen molar-refractivity contribution in [2.24, 2.45) is 0 Å². The minimum atomic E-state index is -3.13. The lowest BCUT2D eigenvalue weighted by Gasteiger charge is -2.28. The van der Waals surface area contributed by atoms with Gasteiger partial charge in [-0.15, -0.1) is 0 Å². The van der Waals surface area contributed by atoms with Crippen LogP contribution in [0.4, 0.5) is 8.78 Å². The third-order valence-corrected chi connectivity index (χ3v) is 16.7. The Bertz CT molecular complexity index is 3650. The van der Waals surface area contributed by atoms with E-state index in [1.807, 2.05) is 56.2 Å². The first kappa shape index (κ1) is 55.8. The Labute approximate surface area is 464 Å². The number of benzene rings is 7. The van der Waals surface area contributed by atoms with Gasteiger partial charge >= 0.3 is 0 Å². The number of aromatic nitrogens is 3. The van der Waals surface area contributed by atoms with E-state index in [0.717, 1.165) is 44.6 Å². The van der Waals surface area contributed by atoms with Crippen molar-refractivity contribution in [2.45, 2.75) is 150 Å². The van der Waals surface area contributed by atoms with Crippen molar-refractivity contribution in [3.8, 4) is 78.6 Å². The Hall–Kier alpha value is -6.96. The summed E-state index contributed by atoms with van der Waals surface area (Å²) >= 11 is 0. The molecule has 0 aliphatic rings. The van der Waals surface area contributed by atoms with E-state index in [1.54, 1.807) is 12.1 Å². The van der Waals surface area contributed by atoms with Crippen molar-refractivity contribution in [1.29, 1.82) is 0 Å². The number of alkyl halides is 2. The summed E-state index contributed by atoms with van der Waals surface area (Å²) in [5, 5.41) is 12.7. The normalized spacial score (nSPS) is 12.8. The molecule has 9 rings (SSSR count). The Morgan fingerprint density at radius 3 is 1.68 bits per heavy atom. The lowest BCUT2D eigenvalue weighted by Crippen LogP contribution is -2.29. The molecule has 0 saturated carbocycles. The summed E-state index contributed by atoms with van der Waals surface area (Å²) in [7, 11) is -2.30. The number of halogens is 2. The Kier molecular flexibility index (Phi) is 14.8. The van der Waals surface area contributed by atoms with E-state index in [9.17, 15) is 5.11 Å². The van der Waals surface area contributed by atoms with Gasteiger partial charge in [-0.3, -0.25) is 9.55 Å². The van der Waals surface area contributed by atoms with Crippen molar-refractivity contribution in [3.05, 3.63) is 191 Å². The average molecular weight is 1060 g/mol. The maximum absolute atomic E-state index is 17.3. The second-order valence-corrected chi connectivity index (χ2v) is 32.1. The highest BCUT2D eigenvalue weighted by molar-refractivity contribution is 6.76. The zero-order chi connectivity index (χ0) is 56.4. The van der Waals surface area contributed by atoms with Crippen LogP contribution in [0.15, 0.2) is 158 Å². The van der Waals surface area contributed by atoms with E-state index < -0.39 is 19.4 Å². The summed E-state index contributed by atoms with van der Waals surface area (Å²) in [6.07, 6.45) is 1.82. The molecule has 0 aliphatic carbocycles. The van der Waals surface area contributed by atoms with Crippen LogP contribution in [0.2, 0.25) is 25.7 Å². The molecule has 0 amide bonds. The van der Waals surface area contributed by atoms with Gasteiger partial charge in [0.25, 0.3) is 5.92 Å². The topological polar surface area (TPSA) is 50.9 Å². The number of aromatic hydroxyl groups is 1. The second kappa shape index (κ2) is 20.7. The third-order valence-electron chi connectivity index (χ3n) is 15.2. The number of fused-ring (bicyclic) bond motifs is 1. The van der Waals surface area contributed by atoms with Gasteiger partial charge in [0.1, 0.15) is 11.6 Å². The van der Waals surface area contributed by atoms with E-state index in [2.05, 4.69) is 204 Å². The molecule has 0 radical (unpaired) electrons. The van der Waals surface area contributed by atoms with E-state index in [4.69, 9.17) is 9.97 Å². The van der Waals surface area contributed by atoms with Crippen molar-refractivity contribution in [3.63, 3.8) is 0 Å². The number of rotatable bonds is 12. The highest BCUT2D eigenvalue weighted by atomic mass is 28.3. The van der Waals surface area contributed by atoms with Crippen LogP contribution >= 0.6 is 0 Å². The number of hydrogen-bond acceptors (Lipinski definition) is 3. The van der Waals surface area contributed by atoms with Gasteiger partial charge < -0.3 is 5.11 Å². The Morgan fingerprint density at radius 1 is 0.513 bits per heavy atom. The molecule has 78 heavy (non-hydrogen) atoms. The van der Waals surface area contributed by atoms with Crippen LogP contribution in [-0.2, 0) is 22.2 Å². The first-order valence-electron chi connectivity index (χ1n) is 27.8. The van der Waals surface area contributed by atoms with Gasteiger partial charge in [-0.25, -0.2) is 13.8 Å². The predicted molar refractivity (Wildman–Crippen MR) is 329 cm³/mol. The molecule has 0 fully saturated rings. The molecule has 7 heteroatoms. The summed E-state index contributed by atoms with van der Waals surface area (Å²) in [6, 6.07) is 51.8. The first-order chi connectivity index (χ1) is 36.5. The van der Waals surface area contributed by atoms with E-state index in [1.165, 1.54) is 27.8 Å². The fraction of sp³-hybridized carbons (Fsp3) is 0.324. The monoisotopic (exact) mass is 1060 g/mol. The van der Waals surface area contributed by atoms with Crippen LogP contribution in [0.5, 0.6) is 5.75 Å². The molecule has 0 unspecified atom stereocenters. The van der Waals surface area contributed by atoms with Crippen molar-refractivity contribution < 1.29 is 13.9 Å². The molecule has 2 aromatic heterocycles. The molecular weight excluding hydrogens is 977 g/mol. The molecular formula is C71H79F2N3OSi. The zero-order valence-corrected chi connectivity index (χ0v) is 49.9. The number of hydrogen-bond donors (Lipinski definition) is 1. The molecule has 9 aromatic rings. The highest BCUT2D eigenvalue weighted by Crippen LogP contribution is 2.48. The van der Waals surface area contributed by atoms with Gasteiger partial charge in [0.2, 0.25) is 0 Å². The maximum Gasteiger partial charge on any atom is 0.271 e. The van der Waals surface area contributed by atoms with Gasteiger partial charge in [0.05, 0.1) is 36.1 Å². The lowest BCUT2D eigenvalue weighted by molar-refractivity contribution is 0.0161. The van der Waals surface area contributed by atoms with Crippen molar-refractivity contribution in [1.82, 2.24) is 14.5 Å². The zero-order valence-electron chi connectivity index (χ0n) is 48.9. The largest absolute Gasteiger partial charge is 0.507 e. The fourth-order valence-electron chi connectivity index (χ4n) is 11.0. The molecule has 4 nitrogen and oxygen atoms in total. The molecule has 0 spiro atoms. The molecule has 402 valence electrons. The fourth-order valence-corrected chi connectivity index (χ4v) is 12.5. The number of nitrogens with zero attached hydrogens (tertiary/aromatic N) is 3. The predicted octanol–water partition coefficient (Wildman–Crippen LogP) is 20.7. The molecule has 1 N–H and O–H groups in total. The number of pyridine rings is 1. The average Bonchev–Trinajstić information content (AvgIpc) is 3.91. The van der Waals surface area contributed by atoms with Gasteiger partial charge in [0, 0.05) is 40.1 Å². The number of phenols is 1. The summed E-state index contributed by atoms with van der Waals surface area (Å²) < 4.78 is 36.7. The minimum Gasteiger partial charge on any atom is -0.507 e. The van der Waals surface area contributed by atoms with Crippen molar-refractivity contribution >= 4 is 19.1 Å². The van der Waals surface area contributed by atoms with Crippen LogP contribution in [0.1, 0.15) is 135 Å². The van der Waals surface area contributed by atoms with Gasteiger partial charge in [-0.05, 0) is 138 Å². The van der Waals surface area contributed by atoms with Gasteiger partial charge in [0.15, 0.2) is 0 Å². The van der Waals surface area contributed by atoms with Crippen LogP contribution < -0.4 is 0 Å². The van der Waals surface area contributed by atoms with Gasteiger partial charge in [-0.2, -0.15) is 0 Å². The minimum absolute atomic E-state index is 0.0475. The van der Waals surface area contributed by atoms with E-state index in [-0.39, 0.29) is 40.0 Å². The van der Waals surface area contributed by atoms with E-state index in [0.29, 0.717) is 39.3 Å². The second-order valence-electron chi connectivity index (χ2n) is 26.6. The summed E-state index contributed by atoms with van der Waals surface area (Å²) in [5.74, 6) is -2.00. The highest BCUT2D eigenvalue weighted by Gasteiger charge is 2.38. The third kappa shape index (κ3) is 11.3. The van der Waals surface area contributed by atoms with Gasteiger partial charge in [-0.1, -0.05) is 207 Å². The summed E-state index contributed by atoms with van der Waals surface area (Å²) in [5.41, 5.74) is 16.6. The standard InChI is InChI=1S/C71H79F2N3OSi/c1-44(2)56-37-49(46-24-19-17-20-25-46)38-57(45(3)4)64(56)48-32-33-74-61(39-48)51-34-50(35-54(36-51)71(72,73)43-78(14,15)16)55-28-23-29-63-65(55)75-67(59-41-53(69(8,9)10)42-60(66(59)77)70(11,12)13)76(63)62-31-30-52(68(5,6)7)40-58(62)47-26-21-18-22-27-47/h17-42,44-45,77H,43H2,1-16H3. The smallest absolute Gasteiger partial charge is 0.271 e. The summed E-state index contributed by atoms with van der Waals surface area (Å²) in [6.45, 7) is 34.6. The summed E-state index contributed by atoms with van der Waals surface area (Å²) in [4.78, 5) is 10.6. The Morgan fingerprint density at radius 2 is 1.10 bits per heavy atom. The van der Waals surface area contributed by atoms with Crippen LogP contribution in [0.3, 0.4) is 0 Å². The molecule has 0 saturated heterocycles. The number of imidazole rings is 1. The number of phenolic OH excluding ortho intramolecular Hbond substituents is 1. The first-order valence-corrected chi connectivity index (χ1v) is 31.5. The SMILES string of the molecule is CC(C)c1cc(-c2ccccc2)cc(C(C)C)c1-c1ccnc(-c2cc(-c3cccc4c3nc(-c3cc(C(C)(C)C)cc(C(C)(C)C)c3O)n4-c3ccc(C(C)(C)C)cc3-c3ccccc3)cc(C(F)(F)C[Si](C)(C)C)c2)c1. The van der Waals surface area contributed by atoms with Crippen LogP contribution in [0.25, 0.3) is 83.9 Å². The van der Waals surface area contributed by atoms with Crippen LogP contribution in [0, 0.1) is 0 Å². The molecule has 2 heterocycles. The maximum atomic E-state index is 17.3. The van der Waals surface area contributed by atoms with Crippen molar-refractivity contribution in [2.75, 3.05) is 0 Å².